The van der Waals surface area contributed by atoms with E-state index in [2.05, 4.69) is 11.9 Å². The van der Waals surface area contributed by atoms with Gasteiger partial charge >= 0.3 is 6.03 Å². The highest BCUT2D eigenvalue weighted by Crippen LogP contribution is 2.37. The zero-order chi connectivity index (χ0) is 25.4. The Kier molecular flexibility index (Phi) is 6.01. The number of phenols is 1. The Labute approximate surface area is 209 Å². The Morgan fingerprint density at radius 2 is 1.81 bits per heavy atom. The van der Waals surface area contributed by atoms with Crippen LogP contribution in [-0.4, -0.2) is 42.9 Å². The Morgan fingerprint density at radius 1 is 1.08 bits per heavy atom. The van der Waals surface area contributed by atoms with Crippen LogP contribution in [0.15, 0.2) is 85.5 Å². The first kappa shape index (κ1) is 23.6. The standard InChI is InChI=1S/C27H25N3O5S/c1-2-25(36(34,35)30-17-22(28-27(30)33)18-8-4-3-5-9-18)20-12-13-23-19(16-20)14-15-29(23)26(32)21-10-6-7-11-24(21)31/h2-13,16,22,25,31H,1,14-15,17H2,(H,28,33). The first-order valence-corrected chi connectivity index (χ1v) is 13.0. The van der Waals surface area contributed by atoms with Gasteiger partial charge in [-0.2, -0.15) is 0 Å². The highest BCUT2D eigenvalue weighted by Gasteiger charge is 2.42. The molecule has 0 spiro atoms. The van der Waals surface area contributed by atoms with Gasteiger partial charge in [0.25, 0.3) is 5.91 Å². The number of sulfonamides is 1. The average Bonchev–Trinajstić information content (AvgIpc) is 3.48. The van der Waals surface area contributed by atoms with Crippen LogP contribution in [0.25, 0.3) is 0 Å². The minimum absolute atomic E-state index is 0.0106. The molecule has 3 aromatic carbocycles. The molecule has 0 aliphatic carbocycles. The molecule has 2 heterocycles. The minimum Gasteiger partial charge on any atom is -0.507 e. The van der Waals surface area contributed by atoms with Gasteiger partial charge in [0.15, 0.2) is 0 Å². The number of aromatic hydroxyl groups is 1. The summed E-state index contributed by atoms with van der Waals surface area (Å²) in [6.45, 7) is 4.13. The number of fused-ring (bicyclic) bond motifs is 1. The molecule has 0 bridgehead atoms. The van der Waals surface area contributed by atoms with E-state index in [-0.39, 0.29) is 23.8 Å². The van der Waals surface area contributed by atoms with Gasteiger partial charge < -0.3 is 15.3 Å². The Bertz CT molecular complexity index is 1460. The third-order valence-corrected chi connectivity index (χ3v) is 8.66. The monoisotopic (exact) mass is 503 g/mol. The van der Waals surface area contributed by atoms with Crippen molar-refractivity contribution in [1.29, 1.82) is 0 Å². The summed E-state index contributed by atoms with van der Waals surface area (Å²) in [6, 6.07) is 19.6. The van der Waals surface area contributed by atoms with E-state index in [1.807, 2.05) is 30.3 Å². The maximum Gasteiger partial charge on any atom is 0.331 e. The molecule has 1 fully saturated rings. The van der Waals surface area contributed by atoms with E-state index in [1.165, 1.54) is 12.1 Å². The summed E-state index contributed by atoms with van der Waals surface area (Å²) in [5, 5.41) is 11.7. The fraction of sp³-hybridized carbons (Fsp3) is 0.185. The second kappa shape index (κ2) is 9.16. The lowest BCUT2D eigenvalue weighted by Crippen LogP contribution is -2.37. The molecule has 2 N–H and O–H groups in total. The van der Waals surface area contributed by atoms with Gasteiger partial charge in [-0.05, 0) is 41.3 Å². The molecule has 5 rings (SSSR count). The topological polar surface area (TPSA) is 107 Å². The van der Waals surface area contributed by atoms with Crippen LogP contribution < -0.4 is 10.2 Å². The molecule has 2 aliphatic heterocycles. The van der Waals surface area contributed by atoms with Crippen molar-refractivity contribution in [3.8, 4) is 5.75 Å². The lowest BCUT2D eigenvalue weighted by atomic mass is 10.1. The molecular formula is C27H25N3O5S. The van der Waals surface area contributed by atoms with Crippen LogP contribution >= 0.6 is 0 Å². The van der Waals surface area contributed by atoms with Crippen molar-refractivity contribution in [2.45, 2.75) is 17.7 Å². The second-order valence-corrected chi connectivity index (χ2v) is 10.7. The van der Waals surface area contributed by atoms with Crippen LogP contribution in [0.2, 0.25) is 0 Å². The van der Waals surface area contributed by atoms with Gasteiger partial charge in [-0.15, -0.1) is 6.58 Å². The van der Waals surface area contributed by atoms with Crippen molar-refractivity contribution >= 4 is 27.6 Å². The number of phenolic OH excluding ortho intramolecular Hbond substituents is 1. The smallest absolute Gasteiger partial charge is 0.331 e. The number of anilines is 1. The molecule has 0 saturated carbocycles. The van der Waals surface area contributed by atoms with Gasteiger partial charge in [0.05, 0.1) is 18.2 Å². The summed E-state index contributed by atoms with van der Waals surface area (Å²) in [6.07, 6.45) is 1.85. The second-order valence-electron chi connectivity index (χ2n) is 8.76. The van der Waals surface area contributed by atoms with Gasteiger partial charge in [0.2, 0.25) is 10.0 Å². The molecule has 2 atom stereocenters. The van der Waals surface area contributed by atoms with Crippen molar-refractivity contribution in [1.82, 2.24) is 9.62 Å². The van der Waals surface area contributed by atoms with Gasteiger partial charge in [-0.1, -0.05) is 60.7 Å². The summed E-state index contributed by atoms with van der Waals surface area (Å²) in [4.78, 5) is 27.3. The average molecular weight is 504 g/mol. The summed E-state index contributed by atoms with van der Waals surface area (Å²) in [5.41, 5.74) is 2.97. The summed E-state index contributed by atoms with van der Waals surface area (Å²) in [5.74, 6) is -0.420. The van der Waals surface area contributed by atoms with E-state index in [4.69, 9.17) is 0 Å². The first-order chi connectivity index (χ1) is 17.3. The minimum atomic E-state index is -4.10. The number of hydrogen-bond acceptors (Lipinski definition) is 5. The number of nitrogens with zero attached hydrogens (tertiary/aromatic N) is 2. The van der Waals surface area contributed by atoms with Crippen LogP contribution in [0.4, 0.5) is 10.5 Å². The molecule has 8 nitrogen and oxygen atoms in total. The lowest BCUT2D eigenvalue weighted by molar-refractivity contribution is 0.0986. The van der Waals surface area contributed by atoms with Gasteiger partial charge in [-0.3, -0.25) is 4.79 Å². The quantitative estimate of drug-likeness (QED) is 0.496. The van der Waals surface area contributed by atoms with E-state index in [1.54, 1.807) is 41.3 Å². The molecule has 1 saturated heterocycles. The largest absolute Gasteiger partial charge is 0.507 e. The lowest BCUT2D eigenvalue weighted by Gasteiger charge is -2.23. The SMILES string of the molecule is C=CC(c1ccc2c(c1)CCN2C(=O)c1ccccc1O)S(=O)(=O)N1CC(c2ccccc2)NC1=O. The van der Waals surface area contributed by atoms with E-state index in [0.717, 1.165) is 15.4 Å². The molecule has 2 aliphatic rings. The number of rotatable bonds is 6. The van der Waals surface area contributed by atoms with Crippen molar-refractivity contribution in [3.05, 3.63) is 108 Å². The van der Waals surface area contributed by atoms with Crippen LogP contribution in [0.3, 0.4) is 0 Å². The van der Waals surface area contributed by atoms with Crippen molar-refractivity contribution in [2.24, 2.45) is 0 Å². The summed E-state index contributed by atoms with van der Waals surface area (Å²) < 4.78 is 28.0. The number of urea groups is 1. The maximum absolute atomic E-state index is 13.5. The zero-order valence-corrected chi connectivity index (χ0v) is 20.2. The highest BCUT2D eigenvalue weighted by atomic mass is 32.2. The molecule has 184 valence electrons. The molecule has 2 unspecified atom stereocenters. The Morgan fingerprint density at radius 3 is 2.53 bits per heavy atom. The molecule has 3 amide bonds. The number of carbonyl (C=O) groups excluding carboxylic acids is 2. The molecule has 0 radical (unpaired) electrons. The molecule has 0 aromatic heterocycles. The normalized spacial score (nSPS) is 18.0. The molecule has 36 heavy (non-hydrogen) atoms. The maximum atomic E-state index is 13.5. The Balaban J connectivity index is 1.41. The third-order valence-electron chi connectivity index (χ3n) is 6.62. The molecule has 3 aromatic rings. The number of nitrogens with one attached hydrogen (secondary N) is 1. The van der Waals surface area contributed by atoms with E-state index in [9.17, 15) is 23.1 Å². The van der Waals surface area contributed by atoms with Crippen LogP contribution in [0.1, 0.15) is 38.3 Å². The van der Waals surface area contributed by atoms with Crippen molar-refractivity contribution < 1.29 is 23.1 Å². The fourth-order valence-electron chi connectivity index (χ4n) is 4.79. The molecular weight excluding hydrogens is 478 g/mol. The van der Waals surface area contributed by atoms with Gasteiger partial charge in [0.1, 0.15) is 11.0 Å². The number of hydrogen-bond donors (Lipinski definition) is 2. The predicted octanol–water partition coefficient (Wildman–Crippen LogP) is 3.92. The van der Waals surface area contributed by atoms with Crippen molar-refractivity contribution in [2.75, 3.05) is 18.0 Å². The van der Waals surface area contributed by atoms with Gasteiger partial charge in [0, 0.05) is 12.2 Å². The fourth-order valence-corrected chi connectivity index (χ4v) is 6.43. The van der Waals surface area contributed by atoms with Crippen LogP contribution in [0.5, 0.6) is 5.75 Å². The Hall–Kier alpha value is -4.11. The molecule has 9 heteroatoms. The van der Waals surface area contributed by atoms with E-state index < -0.39 is 27.3 Å². The number of amides is 3. The zero-order valence-electron chi connectivity index (χ0n) is 19.4. The summed E-state index contributed by atoms with van der Waals surface area (Å²) in [7, 11) is -4.10. The summed E-state index contributed by atoms with van der Waals surface area (Å²) >= 11 is 0. The van der Waals surface area contributed by atoms with Gasteiger partial charge in [-0.25, -0.2) is 17.5 Å². The predicted molar refractivity (Wildman–Crippen MR) is 136 cm³/mol. The number of para-hydroxylation sites is 1. The van der Waals surface area contributed by atoms with E-state index >= 15 is 0 Å². The van der Waals surface area contributed by atoms with Crippen molar-refractivity contribution in [3.63, 3.8) is 0 Å². The van der Waals surface area contributed by atoms with Crippen LogP contribution in [0, 0.1) is 0 Å². The highest BCUT2D eigenvalue weighted by molar-refractivity contribution is 7.90. The van der Waals surface area contributed by atoms with E-state index in [0.29, 0.717) is 24.2 Å². The van der Waals surface area contributed by atoms with Crippen LogP contribution in [-0.2, 0) is 16.4 Å². The third kappa shape index (κ3) is 4.01. The number of benzene rings is 3. The first-order valence-electron chi connectivity index (χ1n) is 11.5. The number of carbonyl (C=O) groups is 2.